The van der Waals surface area contributed by atoms with Gasteiger partial charge in [0.2, 0.25) is 0 Å². The molecule has 0 amide bonds. The molecule has 0 aliphatic rings. The molecule has 0 saturated carbocycles. The number of rotatable bonds is 5. The first-order valence-corrected chi connectivity index (χ1v) is 8.81. The molecule has 21 heavy (non-hydrogen) atoms. The summed E-state index contributed by atoms with van der Waals surface area (Å²) < 4.78 is 34.0. The highest BCUT2D eigenvalue weighted by molar-refractivity contribution is 14.1. The van der Waals surface area contributed by atoms with E-state index in [2.05, 4.69) is 4.98 Å². The summed E-state index contributed by atoms with van der Waals surface area (Å²) in [7, 11) is -4.62. The molecule has 0 aliphatic carbocycles. The molecule has 2 rings (SSSR count). The normalized spacial score (nSPS) is 11.3. The predicted molar refractivity (Wildman–Crippen MR) is 86.0 cm³/mol. The van der Waals surface area contributed by atoms with Crippen molar-refractivity contribution in [2.24, 2.45) is 0 Å². The second-order valence-electron chi connectivity index (χ2n) is 3.89. The minimum atomic E-state index is -4.62. The minimum absolute atomic E-state index is 0.135. The molecule has 2 N–H and O–H groups in total. The lowest BCUT2D eigenvalue weighted by atomic mass is 10.2. The summed E-state index contributed by atoms with van der Waals surface area (Å²) >= 11 is 2.86. The molecule has 1 aromatic heterocycles. The van der Waals surface area contributed by atoms with Crippen molar-refractivity contribution in [3.8, 4) is 0 Å². The van der Waals surface area contributed by atoms with E-state index >= 15 is 0 Å². The van der Waals surface area contributed by atoms with E-state index in [4.69, 9.17) is 5.11 Å². The molecule has 112 valence electrons. The minimum Gasteiger partial charge on any atom is -0.476 e. The zero-order valence-corrected chi connectivity index (χ0v) is 14.1. The van der Waals surface area contributed by atoms with E-state index in [1.54, 1.807) is 24.3 Å². The summed E-state index contributed by atoms with van der Waals surface area (Å²) in [5.74, 6) is -1.36. The van der Waals surface area contributed by atoms with Gasteiger partial charge in [0.1, 0.15) is 5.00 Å². The fourth-order valence-electron chi connectivity index (χ4n) is 1.60. The van der Waals surface area contributed by atoms with Crippen molar-refractivity contribution in [2.45, 2.75) is 6.54 Å². The highest BCUT2D eigenvalue weighted by Gasteiger charge is 2.28. The van der Waals surface area contributed by atoms with Gasteiger partial charge in [0.15, 0.2) is 5.69 Å². The fourth-order valence-corrected chi connectivity index (χ4v) is 3.86. The summed E-state index contributed by atoms with van der Waals surface area (Å²) in [6.45, 7) is -0.180. The molecule has 0 saturated heterocycles. The van der Waals surface area contributed by atoms with Crippen LogP contribution in [-0.4, -0.2) is 29.0 Å². The Labute approximate surface area is 138 Å². The van der Waals surface area contributed by atoms with Crippen LogP contribution in [0.4, 0.5) is 5.00 Å². The molecule has 0 unspecified atom stereocenters. The molecule has 0 bridgehead atoms. The van der Waals surface area contributed by atoms with Gasteiger partial charge in [-0.1, -0.05) is 18.2 Å². The number of anilines is 1. The van der Waals surface area contributed by atoms with Gasteiger partial charge in [-0.3, -0.25) is 4.55 Å². The number of carbonyl (C=O) groups is 1. The zero-order chi connectivity index (χ0) is 15.6. The summed E-state index contributed by atoms with van der Waals surface area (Å²) in [4.78, 5) is 14.7. The molecule has 0 spiro atoms. The number of nitrogens with zero attached hydrogens (tertiary/aromatic N) is 2. The van der Waals surface area contributed by atoms with Gasteiger partial charge in [0.25, 0.3) is 0 Å². The molecule has 1 aromatic carbocycles. The zero-order valence-electron chi connectivity index (χ0n) is 10.3. The lowest BCUT2D eigenvalue weighted by Crippen LogP contribution is -2.30. The van der Waals surface area contributed by atoms with Crippen molar-refractivity contribution in [3.63, 3.8) is 0 Å². The van der Waals surface area contributed by atoms with Gasteiger partial charge in [-0.05, 0) is 34.2 Å². The van der Waals surface area contributed by atoms with E-state index in [9.17, 15) is 17.8 Å². The lowest BCUT2D eigenvalue weighted by molar-refractivity contribution is 0.0692. The molecule has 10 heteroatoms. The van der Waals surface area contributed by atoms with Crippen LogP contribution in [-0.2, 0) is 16.8 Å². The number of carboxylic acids is 1. The molecule has 0 fully saturated rings. The smallest absolute Gasteiger partial charge is 0.360 e. The maximum atomic E-state index is 11.6. The maximum absolute atomic E-state index is 11.6. The highest BCUT2D eigenvalue weighted by Crippen LogP contribution is 2.29. The van der Waals surface area contributed by atoms with E-state index in [1.807, 2.05) is 22.6 Å². The second-order valence-corrected chi connectivity index (χ2v) is 7.22. The Morgan fingerprint density at radius 2 is 2.05 bits per heavy atom. The summed E-state index contributed by atoms with van der Waals surface area (Å²) in [5, 5.41) is 8.89. The van der Waals surface area contributed by atoms with Crippen molar-refractivity contribution < 1.29 is 22.9 Å². The summed E-state index contributed by atoms with van der Waals surface area (Å²) in [6, 6.07) is 6.99. The van der Waals surface area contributed by atoms with Gasteiger partial charge >= 0.3 is 16.3 Å². The van der Waals surface area contributed by atoms with Crippen molar-refractivity contribution in [2.75, 3.05) is 4.31 Å². The monoisotopic (exact) mass is 440 g/mol. The van der Waals surface area contributed by atoms with Gasteiger partial charge in [0.05, 0.1) is 12.1 Å². The number of aromatic nitrogens is 1. The topological polar surface area (TPSA) is 108 Å². The van der Waals surface area contributed by atoms with E-state index < -0.39 is 22.0 Å². The first kappa shape index (κ1) is 16.1. The molecule has 0 aliphatic heterocycles. The van der Waals surface area contributed by atoms with Crippen LogP contribution in [0.1, 0.15) is 16.1 Å². The molecular weight excluding hydrogens is 431 g/mol. The molecular formula is C11H9IN2O5S2. The number of halogens is 1. The number of aromatic carboxylic acids is 1. The number of hydrogen-bond acceptors (Lipinski definition) is 5. The van der Waals surface area contributed by atoms with E-state index in [0.29, 0.717) is 9.87 Å². The van der Waals surface area contributed by atoms with Crippen LogP contribution < -0.4 is 4.31 Å². The van der Waals surface area contributed by atoms with Crippen LogP contribution in [0.2, 0.25) is 0 Å². The molecule has 2 aromatic rings. The Morgan fingerprint density at radius 3 is 2.62 bits per heavy atom. The number of thiazole rings is 1. The fraction of sp³-hybridized carbons (Fsp3) is 0.0909. The van der Waals surface area contributed by atoms with Gasteiger partial charge < -0.3 is 5.11 Å². The Hall–Kier alpha value is -1.24. The van der Waals surface area contributed by atoms with Gasteiger partial charge in [-0.25, -0.2) is 14.1 Å². The Kier molecular flexibility index (Phi) is 4.81. The van der Waals surface area contributed by atoms with Crippen LogP contribution in [0.3, 0.4) is 0 Å². The predicted octanol–water partition coefficient (Wildman–Crippen LogP) is 2.26. The summed E-state index contributed by atoms with van der Waals surface area (Å²) in [6.07, 6.45) is 0. The number of benzene rings is 1. The van der Waals surface area contributed by atoms with Gasteiger partial charge in [-0.2, -0.15) is 8.42 Å². The average molecular weight is 440 g/mol. The van der Waals surface area contributed by atoms with Crippen molar-refractivity contribution in [1.82, 2.24) is 4.98 Å². The van der Waals surface area contributed by atoms with Crippen molar-refractivity contribution in [1.29, 1.82) is 0 Å². The van der Waals surface area contributed by atoms with Crippen molar-refractivity contribution in [3.05, 3.63) is 44.6 Å². The Balaban J connectivity index is 2.48. The third kappa shape index (κ3) is 3.70. The van der Waals surface area contributed by atoms with Crippen LogP contribution in [0, 0.1) is 3.57 Å². The highest BCUT2D eigenvalue weighted by atomic mass is 127. The lowest BCUT2D eigenvalue weighted by Gasteiger charge is -2.20. The first-order valence-electron chi connectivity index (χ1n) is 5.46. The van der Waals surface area contributed by atoms with Crippen LogP contribution >= 0.6 is 33.9 Å². The van der Waals surface area contributed by atoms with Crippen LogP contribution in [0.15, 0.2) is 29.8 Å². The Bertz CT molecular complexity index is 774. The molecule has 7 nitrogen and oxygen atoms in total. The van der Waals surface area contributed by atoms with Gasteiger partial charge in [0, 0.05) is 3.57 Å². The molecule has 0 radical (unpaired) electrons. The Morgan fingerprint density at radius 1 is 1.38 bits per heavy atom. The largest absolute Gasteiger partial charge is 0.476 e. The second kappa shape index (κ2) is 6.25. The molecule has 1 heterocycles. The van der Waals surface area contributed by atoms with Crippen LogP contribution in [0.25, 0.3) is 0 Å². The van der Waals surface area contributed by atoms with Gasteiger partial charge in [-0.15, -0.1) is 11.3 Å². The standard InChI is InChI=1S/C11H9IN2O5S2/c12-8-4-2-1-3-7(8)5-14(21(17,18)19)10-9(11(15)16)13-6-20-10/h1-4,6H,5H2,(H,15,16)(H,17,18,19). The van der Waals surface area contributed by atoms with E-state index in [-0.39, 0.29) is 11.5 Å². The quantitative estimate of drug-likeness (QED) is 0.546. The maximum Gasteiger partial charge on any atom is 0.360 e. The molecule has 0 atom stereocenters. The van der Waals surface area contributed by atoms with E-state index in [1.165, 1.54) is 5.51 Å². The number of carboxylic acid groups (broad SMARTS) is 1. The van der Waals surface area contributed by atoms with Crippen molar-refractivity contribution >= 4 is 55.2 Å². The SMILES string of the molecule is O=C(O)c1ncsc1N(Cc1ccccc1I)S(=O)(=O)O. The third-order valence-corrected chi connectivity index (χ3v) is 5.41. The third-order valence-electron chi connectivity index (χ3n) is 2.53. The average Bonchev–Trinajstić information content (AvgIpc) is 2.85. The van der Waals surface area contributed by atoms with Crippen LogP contribution in [0.5, 0.6) is 0 Å². The van der Waals surface area contributed by atoms with E-state index in [0.717, 1.165) is 14.9 Å². The number of hydrogen-bond donors (Lipinski definition) is 2. The summed E-state index contributed by atoms with van der Waals surface area (Å²) in [5.41, 5.74) is 1.44. The first-order chi connectivity index (χ1) is 9.80.